The first-order valence-corrected chi connectivity index (χ1v) is 14.4. The summed E-state index contributed by atoms with van der Waals surface area (Å²) in [6.07, 6.45) is 1.37. The number of anilines is 1. The Morgan fingerprint density at radius 3 is 2.18 bits per heavy atom. The maximum atomic E-state index is 13.6. The van der Waals surface area contributed by atoms with Crippen LogP contribution in [0.25, 0.3) is 0 Å². The molecule has 0 fully saturated rings. The van der Waals surface area contributed by atoms with Crippen molar-refractivity contribution >= 4 is 39.1 Å². The van der Waals surface area contributed by atoms with Crippen LogP contribution >= 0.6 is 11.6 Å². The smallest absolute Gasteiger partial charge is 0.244 e. The minimum absolute atomic E-state index is 0.0499. The quantitative estimate of drug-likeness (QED) is 0.359. The highest BCUT2D eigenvalue weighted by atomic mass is 35.5. The fraction of sp³-hybridized carbons (Fsp3) is 0.286. The Labute approximate surface area is 229 Å². The van der Waals surface area contributed by atoms with Crippen molar-refractivity contribution in [3.05, 3.63) is 95.0 Å². The van der Waals surface area contributed by atoms with Gasteiger partial charge in [0.25, 0.3) is 0 Å². The van der Waals surface area contributed by atoms with Gasteiger partial charge in [0.05, 0.1) is 11.9 Å². The van der Waals surface area contributed by atoms with Gasteiger partial charge >= 0.3 is 0 Å². The number of rotatable bonds is 12. The van der Waals surface area contributed by atoms with Gasteiger partial charge in [0, 0.05) is 18.6 Å². The zero-order valence-electron chi connectivity index (χ0n) is 21.6. The number of ether oxygens (including phenoxy) is 1. The Hall–Kier alpha value is -3.56. The van der Waals surface area contributed by atoms with Crippen molar-refractivity contribution in [1.29, 1.82) is 0 Å². The lowest BCUT2D eigenvalue weighted by Gasteiger charge is -2.32. The SMILES string of the molecule is CCC(C(=O)NC)N(Cc1ccccc1Cl)C(=O)CN(c1ccc(OCc2ccccc2)cc1)S(C)(=O)=O. The first-order valence-electron chi connectivity index (χ1n) is 12.1. The minimum atomic E-state index is -3.84. The molecular formula is C28H32ClN3O5S. The van der Waals surface area contributed by atoms with Gasteiger partial charge in [-0.2, -0.15) is 0 Å². The Kier molecular flexibility index (Phi) is 10.2. The zero-order chi connectivity index (χ0) is 27.7. The Balaban J connectivity index is 1.84. The van der Waals surface area contributed by atoms with Crippen molar-refractivity contribution in [3.8, 4) is 5.75 Å². The summed E-state index contributed by atoms with van der Waals surface area (Å²) in [6, 6.07) is 22.4. The average molecular weight is 558 g/mol. The van der Waals surface area contributed by atoms with E-state index < -0.39 is 28.5 Å². The third-order valence-corrected chi connectivity index (χ3v) is 7.49. The van der Waals surface area contributed by atoms with Gasteiger partial charge in [-0.25, -0.2) is 8.42 Å². The fourth-order valence-corrected chi connectivity index (χ4v) is 5.00. The molecule has 38 heavy (non-hydrogen) atoms. The van der Waals surface area contributed by atoms with Crippen LogP contribution in [-0.4, -0.2) is 51.0 Å². The number of halogens is 1. The van der Waals surface area contributed by atoms with Crippen molar-refractivity contribution in [1.82, 2.24) is 10.2 Å². The molecule has 8 nitrogen and oxygen atoms in total. The van der Waals surface area contributed by atoms with Gasteiger partial charge in [-0.3, -0.25) is 13.9 Å². The van der Waals surface area contributed by atoms with Gasteiger partial charge in [0.15, 0.2) is 0 Å². The van der Waals surface area contributed by atoms with E-state index in [-0.39, 0.29) is 12.5 Å². The molecule has 3 aromatic rings. The zero-order valence-corrected chi connectivity index (χ0v) is 23.2. The van der Waals surface area contributed by atoms with Crippen LogP contribution in [0.4, 0.5) is 5.69 Å². The molecule has 0 heterocycles. The number of benzene rings is 3. The van der Waals surface area contributed by atoms with E-state index in [0.717, 1.165) is 16.1 Å². The molecule has 3 aromatic carbocycles. The monoisotopic (exact) mass is 557 g/mol. The van der Waals surface area contributed by atoms with E-state index in [4.69, 9.17) is 16.3 Å². The van der Waals surface area contributed by atoms with Crippen LogP contribution in [0.1, 0.15) is 24.5 Å². The van der Waals surface area contributed by atoms with Crippen LogP contribution in [0.5, 0.6) is 5.75 Å². The van der Waals surface area contributed by atoms with Crippen LogP contribution in [0.3, 0.4) is 0 Å². The maximum Gasteiger partial charge on any atom is 0.244 e. The molecule has 0 aliphatic heterocycles. The van der Waals surface area contributed by atoms with E-state index in [1.54, 1.807) is 55.5 Å². The maximum absolute atomic E-state index is 13.6. The van der Waals surface area contributed by atoms with Crippen LogP contribution in [-0.2, 0) is 32.8 Å². The highest BCUT2D eigenvalue weighted by Gasteiger charge is 2.31. The van der Waals surface area contributed by atoms with Gasteiger partial charge in [0.2, 0.25) is 21.8 Å². The van der Waals surface area contributed by atoms with Gasteiger partial charge in [-0.05, 0) is 47.9 Å². The number of nitrogens with zero attached hydrogens (tertiary/aromatic N) is 2. The summed E-state index contributed by atoms with van der Waals surface area (Å²) in [5.41, 5.74) is 1.95. The van der Waals surface area contributed by atoms with Gasteiger partial charge in [-0.1, -0.05) is 67.1 Å². The van der Waals surface area contributed by atoms with E-state index in [1.807, 2.05) is 30.3 Å². The van der Waals surface area contributed by atoms with Crippen LogP contribution < -0.4 is 14.4 Å². The first-order chi connectivity index (χ1) is 18.1. The molecule has 0 radical (unpaired) electrons. The number of nitrogens with one attached hydrogen (secondary N) is 1. The lowest BCUT2D eigenvalue weighted by molar-refractivity contribution is -0.140. The second kappa shape index (κ2) is 13.3. The lowest BCUT2D eigenvalue weighted by atomic mass is 10.1. The number of hydrogen-bond donors (Lipinski definition) is 1. The van der Waals surface area contributed by atoms with Crippen molar-refractivity contribution in [2.45, 2.75) is 32.5 Å². The summed E-state index contributed by atoms with van der Waals surface area (Å²) in [7, 11) is -2.34. The van der Waals surface area contributed by atoms with Crippen molar-refractivity contribution < 1.29 is 22.7 Å². The Morgan fingerprint density at radius 2 is 1.61 bits per heavy atom. The van der Waals surface area contributed by atoms with Gasteiger partial charge < -0.3 is 15.0 Å². The number of sulfonamides is 1. The van der Waals surface area contributed by atoms with E-state index in [2.05, 4.69) is 5.32 Å². The number of carbonyl (C=O) groups excluding carboxylic acids is 2. The van der Waals surface area contributed by atoms with Crippen molar-refractivity contribution in [2.24, 2.45) is 0 Å². The minimum Gasteiger partial charge on any atom is -0.489 e. The van der Waals surface area contributed by atoms with Gasteiger partial charge in [-0.15, -0.1) is 0 Å². The van der Waals surface area contributed by atoms with Crippen molar-refractivity contribution in [2.75, 3.05) is 24.2 Å². The molecular weight excluding hydrogens is 526 g/mol. The molecule has 1 atom stereocenters. The molecule has 0 aromatic heterocycles. The number of hydrogen-bond acceptors (Lipinski definition) is 5. The highest BCUT2D eigenvalue weighted by Crippen LogP contribution is 2.24. The molecule has 1 N–H and O–H groups in total. The van der Waals surface area contributed by atoms with E-state index in [9.17, 15) is 18.0 Å². The Bertz CT molecular complexity index is 1330. The third kappa shape index (κ3) is 7.72. The third-order valence-electron chi connectivity index (χ3n) is 5.98. The molecule has 1 unspecified atom stereocenters. The normalized spacial score (nSPS) is 11.9. The summed E-state index contributed by atoms with van der Waals surface area (Å²) < 4.78 is 32.3. The number of amides is 2. The summed E-state index contributed by atoms with van der Waals surface area (Å²) in [5, 5.41) is 3.03. The summed E-state index contributed by atoms with van der Waals surface area (Å²) in [5.74, 6) is -0.322. The fourth-order valence-electron chi connectivity index (χ4n) is 3.96. The molecule has 0 saturated heterocycles. The predicted octanol–water partition coefficient (Wildman–Crippen LogP) is 4.24. The second-order valence-corrected chi connectivity index (χ2v) is 11.0. The molecule has 10 heteroatoms. The number of likely N-dealkylation sites (N-methyl/N-ethyl adjacent to an activating group) is 1. The molecule has 0 spiro atoms. The number of carbonyl (C=O) groups is 2. The predicted molar refractivity (Wildman–Crippen MR) is 150 cm³/mol. The highest BCUT2D eigenvalue weighted by molar-refractivity contribution is 7.92. The first kappa shape index (κ1) is 29.0. The van der Waals surface area contributed by atoms with Crippen LogP contribution in [0, 0.1) is 0 Å². The van der Waals surface area contributed by atoms with Gasteiger partial charge in [0.1, 0.15) is 24.9 Å². The van der Waals surface area contributed by atoms with E-state index >= 15 is 0 Å². The molecule has 202 valence electrons. The molecule has 0 aliphatic rings. The standard InChI is InChI=1S/C28H32ClN3O5S/c1-4-26(28(34)30-2)31(18-22-12-8-9-13-25(22)29)27(33)19-32(38(3,35)36)23-14-16-24(17-15-23)37-20-21-10-6-5-7-11-21/h5-17,26H,4,18-20H2,1-3H3,(H,30,34). The summed E-state index contributed by atoms with van der Waals surface area (Å²) in [4.78, 5) is 27.6. The summed E-state index contributed by atoms with van der Waals surface area (Å²) >= 11 is 6.33. The van der Waals surface area contributed by atoms with E-state index in [1.165, 1.54) is 11.9 Å². The summed E-state index contributed by atoms with van der Waals surface area (Å²) in [6.45, 7) is 1.72. The Morgan fingerprint density at radius 1 is 0.974 bits per heavy atom. The van der Waals surface area contributed by atoms with Crippen LogP contribution in [0.2, 0.25) is 5.02 Å². The average Bonchev–Trinajstić information content (AvgIpc) is 2.91. The van der Waals surface area contributed by atoms with E-state index in [0.29, 0.717) is 35.1 Å². The molecule has 0 saturated carbocycles. The topological polar surface area (TPSA) is 96.0 Å². The largest absolute Gasteiger partial charge is 0.489 e. The molecule has 0 aliphatic carbocycles. The van der Waals surface area contributed by atoms with Crippen molar-refractivity contribution in [3.63, 3.8) is 0 Å². The second-order valence-electron chi connectivity index (χ2n) is 8.69. The lowest BCUT2D eigenvalue weighted by Crippen LogP contribution is -2.51. The molecule has 2 amide bonds. The van der Waals surface area contributed by atoms with Crippen LogP contribution in [0.15, 0.2) is 78.9 Å². The molecule has 3 rings (SSSR count). The molecule has 0 bridgehead atoms.